The quantitative estimate of drug-likeness (QED) is 0.337. The minimum atomic E-state index is 0. The van der Waals surface area contributed by atoms with E-state index in [4.69, 9.17) is 0 Å². The van der Waals surface area contributed by atoms with Gasteiger partial charge in [0.25, 0.3) is 0 Å². The average Bonchev–Trinajstić information content (AvgIpc) is 0. The van der Waals surface area contributed by atoms with Gasteiger partial charge in [-0.05, 0) is 0 Å². The van der Waals surface area contributed by atoms with Crippen molar-refractivity contribution in [2.24, 2.45) is 0 Å². The standard InChI is InChI=1S/Al.Ca.3H2O.Si/h;;3*1H2;/p-1. The second-order valence-electron chi connectivity index (χ2n) is 0. The van der Waals surface area contributed by atoms with E-state index in [1.54, 1.807) is 0 Å². The van der Waals surface area contributed by atoms with Gasteiger partial charge < -0.3 is 16.4 Å². The zero-order valence-electron chi connectivity index (χ0n) is 3.23. The van der Waals surface area contributed by atoms with Gasteiger partial charge in [-0.1, -0.05) is 0 Å². The molecule has 0 aromatic rings. The molecule has 33 valence electrons. The number of hydrogen-bond acceptors (Lipinski definition) is 1. The zero-order valence-corrected chi connectivity index (χ0v) is 7.59. The van der Waals surface area contributed by atoms with Gasteiger partial charge in [-0.3, -0.25) is 0 Å². The smallest absolute Gasteiger partial charge is 0 e. The predicted molar refractivity (Wildman–Crippen MR) is 26.4 cm³/mol. The average molecular weight is 148 g/mol. The van der Waals surface area contributed by atoms with Crippen LogP contribution in [0.4, 0.5) is 0 Å². The topological polar surface area (TPSA) is 93.0 Å². The van der Waals surface area contributed by atoms with E-state index in [0.717, 1.165) is 0 Å². The first-order chi connectivity index (χ1) is 0. The molecule has 0 saturated heterocycles. The van der Waals surface area contributed by atoms with Gasteiger partial charge >= 0.3 is 0 Å². The zero-order chi connectivity index (χ0) is 0. The van der Waals surface area contributed by atoms with E-state index in [1.807, 2.05) is 0 Å². The van der Waals surface area contributed by atoms with E-state index in [-0.39, 0.29) is 82.5 Å². The molecule has 0 spiro atoms. The second kappa shape index (κ2) is 67.0. The summed E-state index contributed by atoms with van der Waals surface area (Å²) >= 11 is 0. The van der Waals surface area contributed by atoms with Crippen molar-refractivity contribution < 1.29 is 16.4 Å². The number of hydrogen-bond donors (Lipinski definition) is 0. The normalized spacial score (nSPS) is 0. The summed E-state index contributed by atoms with van der Waals surface area (Å²) in [5.74, 6) is 0. The molecule has 0 saturated carbocycles. The molecular formula is H5AlCaO3Si-. The first-order valence-corrected chi connectivity index (χ1v) is 0. The van der Waals surface area contributed by atoms with Crippen molar-refractivity contribution in [1.82, 2.24) is 0 Å². The Hall–Kier alpha value is 1.89. The van der Waals surface area contributed by atoms with E-state index in [9.17, 15) is 0 Å². The van der Waals surface area contributed by atoms with Crippen LogP contribution in [-0.4, -0.2) is 82.5 Å². The first kappa shape index (κ1) is 105. The van der Waals surface area contributed by atoms with Gasteiger partial charge in [0, 0.05) is 66.1 Å². The third-order valence-electron chi connectivity index (χ3n) is 0. The van der Waals surface area contributed by atoms with Gasteiger partial charge in [0.15, 0.2) is 0 Å². The van der Waals surface area contributed by atoms with Gasteiger partial charge in [0.05, 0.1) is 0 Å². The maximum Gasteiger partial charge on any atom is 0 e. The fourth-order valence-electron chi connectivity index (χ4n) is 0. The fourth-order valence-corrected chi connectivity index (χ4v) is 0. The molecule has 0 aliphatic rings. The van der Waals surface area contributed by atoms with E-state index in [1.165, 1.54) is 0 Å². The summed E-state index contributed by atoms with van der Waals surface area (Å²) in [6.45, 7) is 0. The predicted octanol–water partition coefficient (Wildman–Crippen LogP) is -2.97. The van der Waals surface area contributed by atoms with Crippen molar-refractivity contribution in [3.63, 3.8) is 0 Å². The van der Waals surface area contributed by atoms with Crippen LogP contribution in [0.15, 0.2) is 0 Å². The molecule has 0 aromatic heterocycles. The summed E-state index contributed by atoms with van der Waals surface area (Å²) < 4.78 is 0. The van der Waals surface area contributed by atoms with Crippen LogP contribution >= 0.6 is 0 Å². The van der Waals surface area contributed by atoms with E-state index >= 15 is 0 Å². The molecule has 6 heteroatoms. The fraction of sp³-hybridized carbons (Fsp3) is 0. The van der Waals surface area contributed by atoms with Gasteiger partial charge in [0.2, 0.25) is 0 Å². The molecule has 0 unspecified atom stereocenters. The third-order valence-corrected chi connectivity index (χ3v) is 0. The van der Waals surface area contributed by atoms with Crippen LogP contribution in [0.5, 0.6) is 0 Å². The SMILES string of the molecule is O.O.[Al].[Ca].[OH-].[Si]. The Morgan fingerprint density at radius 3 is 0.833 bits per heavy atom. The van der Waals surface area contributed by atoms with Crippen LogP contribution < -0.4 is 0 Å². The Morgan fingerprint density at radius 2 is 0.833 bits per heavy atom. The maximum absolute atomic E-state index is 0. The minimum absolute atomic E-state index is 0. The minimum Gasteiger partial charge on any atom is -0.870 e. The Kier molecular flexibility index (Phi) is 1170. The van der Waals surface area contributed by atoms with Gasteiger partial charge in [-0.2, -0.15) is 0 Å². The molecule has 0 bridgehead atoms. The summed E-state index contributed by atoms with van der Waals surface area (Å²) in [4.78, 5) is 0. The molecule has 9 radical (unpaired) electrons. The van der Waals surface area contributed by atoms with Crippen molar-refractivity contribution in [1.29, 1.82) is 0 Å². The van der Waals surface area contributed by atoms with Gasteiger partial charge in [-0.25, -0.2) is 0 Å². The van der Waals surface area contributed by atoms with Crippen LogP contribution in [0, 0.1) is 0 Å². The van der Waals surface area contributed by atoms with Crippen molar-refractivity contribution in [2.45, 2.75) is 0 Å². The molecule has 0 atom stereocenters. The molecule has 0 amide bonds. The molecule has 0 rings (SSSR count). The van der Waals surface area contributed by atoms with Gasteiger partial charge in [-0.15, -0.1) is 0 Å². The molecule has 3 nitrogen and oxygen atoms in total. The summed E-state index contributed by atoms with van der Waals surface area (Å²) in [6, 6.07) is 0. The van der Waals surface area contributed by atoms with Crippen molar-refractivity contribution in [3.8, 4) is 0 Å². The molecule has 5 N–H and O–H groups in total. The van der Waals surface area contributed by atoms with E-state index in [0.29, 0.717) is 0 Å². The molecule has 0 fully saturated rings. The molecular weight excluding hydrogens is 143 g/mol. The summed E-state index contributed by atoms with van der Waals surface area (Å²) in [5.41, 5.74) is 0. The van der Waals surface area contributed by atoms with Crippen LogP contribution in [0.3, 0.4) is 0 Å². The maximum atomic E-state index is 0. The first-order valence-electron chi connectivity index (χ1n) is 0. The largest absolute Gasteiger partial charge is 0.870 e. The van der Waals surface area contributed by atoms with Crippen molar-refractivity contribution in [2.75, 3.05) is 0 Å². The number of rotatable bonds is 0. The molecule has 0 heterocycles. The van der Waals surface area contributed by atoms with Crippen LogP contribution in [0.2, 0.25) is 0 Å². The summed E-state index contributed by atoms with van der Waals surface area (Å²) in [7, 11) is 0. The molecule has 0 aromatic carbocycles. The molecule has 0 aliphatic heterocycles. The Balaban J connectivity index is 0. The van der Waals surface area contributed by atoms with Crippen molar-refractivity contribution in [3.05, 3.63) is 0 Å². The van der Waals surface area contributed by atoms with E-state index < -0.39 is 0 Å². The van der Waals surface area contributed by atoms with Crippen molar-refractivity contribution >= 4 is 66.1 Å². The van der Waals surface area contributed by atoms with Crippen LogP contribution in [-0.2, 0) is 0 Å². The van der Waals surface area contributed by atoms with Crippen LogP contribution in [0.25, 0.3) is 0 Å². The van der Waals surface area contributed by atoms with Crippen LogP contribution in [0.1, 0.15) is 0 Å². The van der Waals surface area contributed by atoms with Gasteiger partial charge in [0.1, 0.15) is 0 Å². The Bertz CT molecular complexity index is 10.8. The summed E-state index contributed by atoms with van der Waals surface area (Å²) in [5, 5.41) is 0. The third kappa shape index (κ3) is 39.4. The Morgan fingerprint density at radius 1 is 0.833 bits per heavy atom. The van der Waals surface area contributed by atoms with E-state index in [2.05, 4.69) is 0 Å². The molecule has 6 heavy (non-hydrogen) atoms. The summed E-state index contributed by atoms with van der Waals surface area (Å²) in [6.07, 6.45) is 0. The monoisotopic (exact) mass is 148 g/mol. The molecule has 0 aliphatic carbocycles. The Labute approximate surface area is 81.6 Å². The second-order valence-corrected chi connectivity index (χ2v) is 0.